The molecule has 2 saturated heterocycles. The molecule has 2 nitrogen and oxygen atoms in total. The Bertz CT molecular complexity index is 326. The molecule has 1 aliphatic carbocycles. The van der Waals surface area contributed by atoms with Crippen molar-refractivity contribution in [2.75, 3.05) is 26.2 Å². The SMILES string of the molecule is C1=C(CCN2CCCC2)C=C2CCCOC2C1. The number of nitrogens with zero attached hydrogens (tertiary/aromatic N) is 1. The predicted octanol–water partition coefficient (Wildman–Crippen LogP) is 2.91. The zero-order valence-electron chi connectivity index (χ0n) is 10.7. The smallest absolute Gasteiger partial charge is 0.0822 e. The van der Waals surface area contributed by atoms with Gasteiger partial charge >= 0.3 is 0 Å². The largest absolute Gasteiger partial charge is 0.374 e. The molecule has 1 atom stereocenters. The first-order chi connectivity index (χ1) is 8.42. The summed E-state index contributed by atoms with van der Waals surface area (Å²) in [6, 6.07) is 0. The first kappa shape index (κ1) is 11.5. The van der Waals surface area contributed by atoms with E-state index in [2.05, 4.69) is 17.1 Å². The molecule has 0 aromatic carbocycles. The van der Waals surface area contributed by atoms with Crippen molar-refractivity contribution in [3.05, 3.63) is 23.3 Å². The molecule has 0 aromatic rings. The Kier molecular flexibility index (Phi) is 3.62. The Hall–Kier alpha value is -0.600. The third-order valence-corrected chi connectivity index (χ3v) is 4.22. The van der Waals surface area contributed by atoms with Gasteiger partial charge in [-0.05, 0) is 57.2 Å². The van der Waals surface area contributed by atoms with Gasteiger partial charge in [0.15, 0.2) is 0 Å². The van der Waals surface area contributed by atoms with Crippen LogP contribution in [-0.2, 0) is 4.74 Å². The summed E-state index contributed by atoms with van der Waals surface area (Å²) in [5.74, 6) is 0. The van der Waals surface area contributed by atoms with E-state index >= 15 is 0 Å². The van der Waals surface area contributed by atoms with Crippen LogP contribution in [0.1, 0.15) is 38.5 Å². The quantitative estimate of drug-likeness (QED) is 0.743. The van der Waals surface area contributed by atoms with E-state index in [0.29, 0.717) is 6.10 Å². The zero-order chi connectivity index (χ0) is 11.5. The van der Waals surface area contributed by atoms with Gasteiger partial charge in [-0.1, -0.05) is 17.7 Å². The van der Waals surface area contributed by atoms with Crippen LogP contribution in [0.2, 0.25) is 0 Å². The Labute approximate surface area is 104 Å². The first-order valence-corrected chi connectivity index (χ1v) is 7.15. The minimum atomic E-state index is 0.416. The molecular formula is C15H23NO. The maximum absolute atomic E-state index is 5.78. The topological polar surface area (TPSA) is 12.5 Å². The van der Waals surface area contributed by atoms with E-state index in [4.69, 9.17) is 4.74 Å². The third-order valence-electron chi connectivity index (χ3n) is 4.22. The van der Waals surface area contributed by atoms with E-state index < -0.39 is 0 Å². The van der Waals surface area contributed by atoms with Crippen LogP contribution >= 0.6 is 0 Å². The van der Waals surface area contributed by atoms with Crippen molar-refractivity contribution < 1.29 is 4.74 Å². The fourth-order valence-electron chi connectivity index (χ4n) is 3.18. The van der Waals surface area contributed by atoms with Gasteiger partial charge in [0.25, 0.3) is 0 Å². The minimum Gasteiger partial charge on any atom is -0.374 e. The number of likely N-dealkylation sites (tertiary alicyclic amines) is 1. The van der Waals surface area contributed by atoms with Gasteiger partial charge in [0.1, 0.15) is 0 Å². The first-order valence-electron chi connectivity index (χ1n) is 7.15. The van der Waals surface area contributed by atoms with Gasteiger partial charge in [-0.25, -0.2) is 0 Å². The molecular weight excluding hydrogens is 210 g/mol. The van der Waals surface area contributed by atoms with Crippen LogP contribution < -0.4 is 0 Å². The van der Waals surface area contributed by atoms with Crippen LogP contribution in [0.3, 0.4) is 0 Å². The molecule has 2 heterocycles. The lowest BCUT2D eigenvalue weighted by Gasteiger charge is -2.29. The van der Waals surface area contributed by atoms with Crippen molar-refractivity contribution in [2.45, 2.75) is 44.6 Å². The summed E-state index contributed by atoms with van der Waals surface area (Å²) in [7, 11) is 0. The molecule has 0 radical (unpaired) electrons. The molecule has 0 amide bonds. The molecule has 1 unspecified atom stereocenters. The summed E-state index contributed by atoms with van der Waals surface area (Å²) in [5.41, 5.74) is 3.10. The average molecular weight is 233 g/mol. The van der Waals surface area contributed by atoms with Gasteiger partial charge in [-0.3, -0.25) is 0 Å². The molecule has 0 N–H and O–H groups in total. The number of hydrogen-bond donors (Lipinski definition) is 0. The maximum Gasteiger partial charge on any atom is 0.0822 e. The fourth-order valence-corrected chi connectivity index (χ4v) is 3.18. The van der Waals surface area contributed by atoms with Crippen LogP contribution in [0.25, 0.3) is 0 Å². The normalized spacial score (nSPS) is 29.8. The van der Waals surface area contributed by atoms with Gasteiger partial charge < -0.3 is 9.64 Å². The highest BCUT2D eigenvalue weighted by atomic mass is 16.5. The van der Waals surface area contributed by atoms with E-state index in [1.807, 2.05) is 0 Å². The summed E-state index contributed by atoms with van der Waals surface area (Å²) >= 11 is 0. The molecule has 17 heavy (non-hydrogen) atoms. The monoisotopic (exact) mass is 233 g/mol. The molecule has 2 heteroatoms. The molecule has 94 valence electrons. The van der Waals surface area contributed by atoms with Crippen molar-refractivity contribution >= 4 is 0 Å². The third kappa shape index (κ3) is 2.80. The van der Waals surface area contributed by atoms with E-state index in [-0.39, 0.29) is 0 Å². The molecule has 0 saturated carbocycles. The number of rotatable bonds is 3. The summed E-state index contributed by atoms with van der Waals surface area (Å²) < 4.78 is 5.78. The van der Waals surface area contributed by atoms with Gasteiger partial charge in [0, 0.05) is 13.2 Å². The standard InChI is InChI=1S/C15H23NO/c1-2-9-16(8-1)10-7-13-5-6-15-14(12-13)4-3-11-17-15/h5,12,15H,1-4,6-11H2. The summed E-state index contributed by atoms with van der Waals surface area (Å²) in [6.45, 7) is 4.84. The second-order valence-corrected chi connectivity index (χ2v) is 5.50. The van der Waals surface area contributed by atoms with Crippen LogP contribution in [-0.4, -0.2) is 37.2 Å². The number of allylic oxidation sites excluding steroid dienone is 1. The number of ether oxygens (including phenoxy) is 1. The molecule has 3 rings (SSSR count). The van der Waals surface area contributed by atoms with Crippen LogP contribution in [0.5, 0.6) is 0 Å². The van der Waals surface area contributed by atoms with Crippen molar-refractivity contribution in [3.63, 3.8) is 0 Å². The highest BCUT2D eigenvalue weighted by Crippen LogP contribution is 2.29. The summed E-state index contributed by atoms with van der Waals surface area (Å²) in [6.07, 6.45) is 12.8. The van der Waals surface area contributed by atoms with Crippen molar-refractivity contribution in [1.82, 2.24) is 4.90 Å². The molecule has 0 aromatic heterocycles. The predicted molar refractivity (Wildman–Crippen MR) is 70.0 cm³/mol. The Morgan fingerprint density at radius 2 is 2.12 bits per heavy atom. The molecule has 2 aliphatic heterocycles. The van der Waals surface area contributed by atoms with Gasteiger partial charge in [-0.2, -0.15) is 0 Å². The molecule has 0 spiro atoms. The minimum absolute atomic E-state index is 0.416. The second-order valence-electron chi connectivity index (χ2n) is 5.50. The van der Waals surface area contributed by atoms with Crippen LogP contribution in [0.15, 0.2) is 23.3 Å². The van der Waals surface area contributed by atoms with Gasteiger partial charge in [0.2, 0.25) is 0 Å². The highest BCUT2D eigenvalue weighted by Gasteiger charge is 2.22. The van der Waals surface area contributed by atoms with Crippen molar-refractivity contribution in [3.8, 4) is 0 Å². The lowest BCUT2D eigenvalue weighted by Crippen LogP contribution is -2.25. The van der Waals surface area contributed by atoms with Crippen molar-refractivity contribution in [1.29, 1.82) is 0 Å². The van der Waals surface area contributed by atoms with E-state index in [0.717, 1.165) is 13.0 Å². The molecule has 3 aliphatic rings. The number of fused-ring (bicyclic) bond motifs is 1. The lowest BCUT2D eigenvalue weighted by atomic mass is 9.90. The lowest BCUT2D eigenvalue weighted by molar-refractivity contribution is 0.0536. The van der Waals surface area contributed by atoms with Gasteiger partial charge in [0.05, 0.1) is 6.10 Å². The summed E-state index contributed by atoms with van der Waals surface area (Å²) in [5, 5.41) is 0. The highest BCUT2D eigenvalue weighted by molar-refractivity contribution is 5.31. The molecule has 0 bridgehead atoms. The van der Waals surface area contributed by atoms with E-state index in [1.165, 1.54) is 51.7 Å². The zero-order valence-corrected chi connectivity index (χ0v) is 10.7. The summed E-state index contributed by atoms with van der Waals surface area (Å²) in [4.78, 5) is 2.60. The molecule has 2 fully saturated rings. The Morgan fingerprint density at radius 3 is 3.00 bits per heavy atom. The number of hydrogen-bond acceptors (Lipinski definition) is 2. The maximum atomic E-state index is 5.78. The van der Waals surface area contributed by atoms with E-state index in [1.54, 1.807) is 11.1 Å². The second kappa shape index (κ2) is 5.36. The van der Waals surface area contributed by atoms with Crippen LogP contribution in [0, 0.1) is 0 Å². The van der Waals surface area contributed by atoms with Crippen LogP contribution in [0.4, 0.5) is 0 Å². The Morgan fingerprint density at radius 1 is 1.24 bits per heavy atom. The van der Waals surface area contributed by atoms with Crippen molar-refractivity contribution in [2.24, 2.45) is 0 Å². The average Bonchev–Trinajstić information content (AvgIpc) is 2.89. The fraction of sp³-hybridized carbons (Fsp3) is 0.733. The van der Waals surface area contributed by atoms with Gasteiger partial charge in [-0.15, -0.1) is 0 Å². The van der Waals surface area contributed by atoms with E-state index in [9.17, 15) is 0 Å². The Balaban J connectivity index is 1.53.